The third kappa shape index (κ3) is 2.12. The predicted octanol–water partition coefficient (Wildman–Crippen LogP) is 2.13. The molecule has 0 unspecified atom stereocenters. The van der Waals surface area contributed by atoms with Crippen LogP contribution in [0.4, 0.5) is 13.2 Å². The van der Waals surface area contributed by atoms with Crippen molar-refractivity contribution in [3.63, 3.8) is 0 Å². The highest BCUT2D eigenvalue weighted by atomic mass is 32.2. The van der Waals surface area contributed by atoms with Crippen molar-refractivity contribution in [1.82, 2.24) is 4.57 Å². The summed E-state index contributed by atoms with van der Waals surface area (Å²) in [4.78, 5) is 11.4. The molecule has 0 bridgehead atoms. The monoisotopic (exact) mass is 223 g/mol. The molecule has 0 amide bonds. The molecule has 0 saturated carbocycles. The van der Waals surface area contributed by atoms with Gasteiger partial charge in [0, 0.05) is 13.2 Å². The number of thioether (sulfide) groups is 1. The zero-order valence-electron chi connectivity index (χ0n) is 7.55. The van der Waals surface area contributed by atoms with Crippen LogP contribution in [0.5, 0.6) is 0 Å². The average molecular weight is 223 g/mol. The summed E-state index contributed by atoms with van der Waals surface area (Å²) in [6.07, 6.45) is -2.05. The van der Waals surface area contributed by atoms with E-state index in [1.54, 1.807) is 6.26 Å². The van der Waals surface area contributed by atoms with Crippen LogP contribution in [-0.4, -0.2) is 10.8 Å². The van der Waals surface area contributed by atoms with Crippen LogP contribution in [0.15, 0.2) is 22.0 Å². The van der Waals surface area contributed by atoms with Crippen LogP contribution in [0.2, 0.25) is 0 Å². The maximum Gasteiger partial charge on any atom is 0.417 e. The molecule has 1 aromatic rings. The predicted molar refractivity (Wildman–Crippen MR) is 48.5 cm³/mol. The van der Waals surface area contributed by atoms with Gasteiger partial charge in [-0.05, 0) is 12.3 Å². The van der Waals surface area contributed by atoms with Crippen LogP contribution < -0.4 is 5.56 Å². The summed E-state index contributed by atoms with van der Waals surface area (Å²) in [5.74, 6) is 0. The average Bonchev–Trinajstić information content (AvgIpc) is 2.07. The van der Waals surface area contributed by atoms with Crippen LogP contribution in [0.3, 0.4) is 0 Å². The van der Waals surface area contributed by atoms with Gasteiger partial charge in [-0.3, -0.25) is 4.79 Å². The summed E-state index contributed by atoms with van der Waals surface area (Å²) < 4.78 is 37.8. The van der Waals surface area contributed by atoms with E-state index < -0.39 is 17.3 Å². The van der Waals surface area contributed by atoms with Crippen molar-refractivity contribution in [1.29, 1.82) is 0 Å². The SMILES string of the molecule is CSc1cc(C(F)(F)F)cn(C)c1=O. The normalized spacial score (nSPS) is 11.8. The first kappa shape index (κ1) is 11.2. The van der Waals surface area contributed by atoms with Gasteiger partial charge in [-0.25, -0.2) is 0 Å². The Morgan fingerprint density at radius 2 is 2.00 bits per heavy atom. The highest BCUT2D eigenvalue weighted by molar-refractivity contribution is 7.98. The Morgan fingerprint density at radius 3 is 2.43 bits per heavy atom. The number of nitrogens with zero attached hydrogens (tertiary/aromatic N) is 1. The van der Waals surface area contributed by atoms with E-state index in [0.29, 0.717) is 0 Å². The molecule has 2 nitrogen and oxygen atoms in total. The van der Waals surface area contributed by atoms with Crippen molar-refractivity contribution in [2.75, 3.05) is 6.26 Å². The highest BCUT2D eigenvalue weighted by Gasteiger charge is 2.31. The molecule has 14 heavy (non-hydrogen) atoms. The largest absolute Gasteiger partial charge is 0.417 e. The Balaban J connectivity index is 3.38. The maximum atomic E-state index is 12.3. The topological polar surface area (TPSA) is 22.0 Å². The molecule has 0 aliphatic heterocycles. The summed E-state index contributed by atoms with van der Waals surface area (Å²) in [6.45, 7) is 0. The minimum absolute atomic E-state index is 0.0994. The molecular weight excluding hydrogens is 215 g/mol. The second-order valence-corrected chi connectivity index (χ2v) is 3.56. The van der Waals surface area contributed by atoms with Crippen molar-refractivity contribution in [2.24, 2.45) is 7.05 Å². The Morgan fingerprint density at radius 1 is 1.43 bits per heavy atom. The molecule has 0 fully saturated rings. The van der Waals surface area contributed by atoms with E-state index in [2.05, 4.69) is 0 Å². The van der Waals surface area contributed by atoms with E-state index in [-0.39, 0.29) is 4.90 Å². The number of aryl methyl sites for hydroxylation is 1. The van der Waals surface area contributed by atoms with Gasteiger partial charge in [0.1, 0.15) is 0 Å². The molecule has 0 aromatic carbocycles. The first-order valence-electron chi connectivity index (χ1n) is 3.68. The molecule has 0 radical (unpaired) electrons. The highest BCUT2D eigenvalue weighted by Crippen LogP contribution is 2.29. The second-order valence-electron chi connectivity index (χ2n) is 2.71. The van der Waals surface area contributed by atoms with Gasteiger partial charge >= 0.3 is 6.18 Å². The molecule has 0 atom stereocenters. The number of halogens is 3. The summed E-state index contributed by atoms with van der Waals surface area (Å²) in [5.41, 5.74) is -1.21. The summed E-state index contributed by atoms with van der Waals surface area (Å²) in [6, 6.07) is 0.868. The molecule has 0 aliphatic carbocycles. The van der Waals surface area contributed by atoms with Crippen molar-refractivity contribution in [3.8, 4) is 0 Å². The zero-order chi connectivity index (χ0) is 10.9. The third-order valence-electron chi connectivity index (χ3n) is 1.70. The number of hydrogen-bond acceptors (Lipinski definition) is 2. The molecule has 1 rings (SSSR count). The fourth-order valence-electron chi connectivity index (χ4n) is 0.983. The fraction of sp³-hybridized carbons (Fsp3) is 0.375. The van der Waals surface area contributed by atoms with Crippen LogP contribution in [0.25, 0.3) is 0 Å². The first-order chi connectivity index (χ1) is 6.36. The van der Waals surface area contributed by atoms with Gasteiger partial charge in [0.15, 0.2) is 0 Å². The van der Waals surface area contributed by atoms with Gasteiger partial charge in [-0.2, -0.15) is 13.2 Å². The van der Waals surface area contributed by atoms with Crippen molar-refractivity contribution in [3.05, 3.63) is 28.2 Å². The number of pyridine rings is 1. The first-order valence-corrected chi connectivity index (χ1v) is 4.90. The smallest absolute Gasteiger partial charge is 0.317 e. The van der Waals surface area contributed by atoms with Crippen molar-refractivity contribution < 1.29 is 13.2 Å². The van der Waals surface area contributed by atoms with Crippen LogP contribution in [-0.2, 0) is 13.2 Å². The number of hydrogen-bond donors (Lipinski definition) is 0. The van der Waals surface area contributed by atoms with Crippen LogP contribution in [0.1, 0.15) is 5.56 Å². The van der Waals surface area contributed by atoms with Gasteiger partial charge in [-0.15, -0.1) is 11.8 Å². The molecule has 1 heterocycles. The number of alkyl halides is 3. The Hall–Kier alpha value is -0.910. The second kappa shape index (κ2) is 3.68. The van der Waals surface area contributed by atoms with Crippen LogP contribution in [0, 0.1) is 0 Å². The van der Waals surface area contributed by atoms with E-state index in [1.165, 1.54) is 7.05 Å². The molecule has 0 N–H and O–H groups in total. The third-order valence-corrected chi connectivity index (χ3v) is 2.43. The molecule has 1 aromatic heterocycles. The lowest BCUT2D eigenvalue weighted by Gasteiger charge is -2.09. The van der Waals surface area contributed by atoms with E-state index in [0.717, 1.165) is 28.6 Å². The lowest BCUT2D eigenvalue weighted by Crippen LogP contribution is -2.21. The van der Waals surface area contributed by atoms with Crippen molar-refractivity contribution >= 4 is 11.8 Å². The van der Waals surface area contributed by atoms with Gasteiger partial charge in [0.2, 0.25) is 0 Å². The van der Waals surface area contributed by atoms with Gasteiger partial charge in [0.25, 0.3) is 5.56 Å². The summed E-state index contributed by atoms with van der Waals surface area (Å²) in [5, 5.41) is 0. The number of rotatable bonds is 1. The Kier molecular flexibility index (Phi) is 2.94. The lowest BCUT2D eigenvalue weighted by molar-refractivity contribution is -0.138. The van der Waals surface area contributed by atoms with E-state index >= 15 is 0 Å². The van der Waals surface area contributed by atoms with E-state index in [9.17, 15) is 18.0 Å². The van der Waals surface area contributed by atoms with Gasteiger partial charge in [-0.1, -0.05) is 0 Å². The lowest BCUT2D eigenvalue weighted by atomic mass is 10.3. The molecule has 78 valence electrons. The van der Waals surface area contributed by atoms with E-state index in [1.807, 2.05) is 0 Å². The molecule has 0 aliphatic rings. The fourth-order valence-corrected chi connectivity index (χ4v) is 1.55. The minimum Gasteiger partial charge on any atom is -0.317 e. The quantitative estimate of drug-likeness (QED) is 0.680. The standard InChI is InChI=1S/C8H8F3NOS/c1-12-4-5(8(9,10)11)3-6(14-2)7(12)13/h3-4H,1-2H3. The van der Waals surface area contributed by atoms with Gasteiger partial charge in [0.05, 0.1) is 10.5 Å². The maximum absolute atomic E-state index is 12.3. The van der Waals surface area contributed by atoms with Crippen LogP contribution >= 0.6 is 11.8 Å². The zero-order valence-corrected chi connectivity index (χ0v) is 8.37. The molecule has 6 heteroatoms. The van der Waals surface area contributed by atoms with E-state index in [4.69, 9.17) is 0 Å². The summed E-state index contributed by atoms with van der Waals surface area (Å²) >= 11 is 1.01. The molecule has 0 spiro atoms. The minimum atomic E-state index is -4.41. The Labute approximate surface area is 82.7 Å². The Bertz CT molecular complexity index is 397. The van der Waals surface area contributed by atoms with Gasteiger partial charge < -0.3 is 4.57 Å². The summed E-state index contributed by atoms with van der Waals surface area (Å²) in [7, 11) is 1.30. The molecule has 0 saturated heterocycles. The number of aromatic nitrogens is 1. The molecular formula is C8H8F3NOS. The van der Waals surface area contributed by atoms with Crippen molar-refractivity contribution in [2.45, 2.75) is 11.1 Å².